The predicted molar refractivity (Wildman–Crippen MR) is 125 cm³/mol. The molecule has 2 heterocycles. The van der Waals surface area contributed by atoms with Crippen molar-refractivity contribution in [3.8, 4) is 0 Å². The molecule has 2 aliphatic heterocycles. The topological polar surface area (TPSA) is 30.9 Å². The van der Waals surface area contributed by atoms with Crippen LogP contribution in [0.15, 0.2) is 71.7 Å². The monoisotopic (exact) mass is 416 g/mol. The maximum absolute atomic E-state index is 6.26. The van der Waals surface area contributed by atoms with E-state index in [1.54, 1.807) is 0 Å². The molecular formula is C25H25ClN4. The van der Waals surface area contributed by atoms with Gasteiger partial charge in [0.15, 0.2) is 0 Å². The zero-order chi connectivity index (χ0) is 20.5. The van der Waals surface area contributed by atoms with Gasteiger partial charge in [-0.25, -0.2) is 4.99 Å². The number of rotatable bonds is 2. The summed E-state index contributed by atoms with van der Waals surface area (Å²) in [6.45, 7) is 7.10. The number of halogens is 1. The number of aryl methyl sites for hydroxylation is 1. The molecule has 3 aromatic rings. The average Bonchev–Trinajstić information content (AvgIpc) is 2.91. The van der Waals surface area contributed by atoms with Crippen molar-refractivity contribution in [3.05, 3.63) is 88.4 Å². The number of nitrogens with one attached hydrogen (secondary N) is 1. The summed E-state index contributed by atoms with van der Waals surface area (Å²) in [6, 6.07) is 23.0. The molecule has 0 amide bonds. The van der Waals surface area contributed by atoms with E-state index in [1.165, 1.54) is 11.1 Å². The summed E-state index contributed by atoms with van der Waals surface area (Å²) < 4.78 is 0. The highest BCUT2D eigenvalue weighted by atomic mass is 35.5. The summed E-state index contributed by atoms with van der Waals surface area (Å²) in [5.41, 5.74) is 6.79. The van der Waals surface area contributed by atoms with Gasteiger partial charge in [-0.05, 0) is 42.8 Å². The van der Waals surface area contributed by atoms with E-state index in [9.17, 15) is 0 Å². The van der Waals surface area contributed by atoms with E-state index in [4.69, 9.17) is 16.6 Å². The highest BCUT2D eigenvalue weighted by molar-refractivity contribution is 6.31. The Hall–Kier alpha value is -2.82. The van der Waals surface area contributed by atoms with Crippen LogP contribution in [0.25, 0.3) is 0 Å². The molecule has 5 rings (SSSR count). The minimum atomic E-state index is 0.701. The molecule has 1 saturated heterocycles. The molecule has 152 valence electrons. The fraction of sp³-hybridized carbons (Fsp3) is 0.240. The number of para-hydroxylation sites is 1. The minimum Gasteiger partial charge on any atom is -0.353 e. The van der Waals surface area contributed by atoms with Crippen LogP contribution >= 0.6 is 11.6 Å². The van der Waals surface area contributed by atoms with Crippen LogP contribution in [0.3, 0.4) is 0 Å². The Morgan fingerprint density at radius 1 is 0.900 bits per heavy atom. The fourth-order valence-electron chi connectivity index (χ4n) is 4.24. The molecule has 2 aliphatic rings. The van der Waals surface area contributed by atoms with Crippen molar-refractivity contribution in [3.63, 3.8) is 0 Å². The van der Waals surface area contributed by atoms with Gasteiger partial charge in [0, 0.05) is 49.0 Å². The molecule has 0 unspecified atom stereocenters. The van der Waals surface area contributed by atoms with Gasteiger partial charge in [-0.15, -0.1) is 0 Å². The van der Waals surface area contributed by atoms with Crippen LogP contribution in [-0.2, 0) is 6.54 Å². The van der Waals surface area contributed by atoms with Crippen molar-refractivity contribution < 1.29 is 0 Å². The Labute approximate surface area is 182 Å². The second-order valence-electron chi connectivity index (χ2n) is 8.02. The van der Waals surface area contributed by atoms with Crippen molar-refractivity contribution >= 4 is 34.5 Å². The normalized spacial score (nSPS) is 16.2. The number of nitrogens with zero attached hydrogens (tertiary/aromatic N) is 3. The van der Waals surface area contributed by atoms with E-state index in [0.29, 0.717) is 5.02 Å². The average molecular weight is 417 g/mol. The van der Waals surface area contributed by atoms with Gasteiger partial charge in [0.05, 0.1) is 11.4 Å². The lowest BCUT2D eigenvalue weighted by Gasteiger charge is -2.36. The maximum Gasteiger partial charge on any atom is 0.138 e. The number of piperazine rings is 1. The molecular weight excluding hydrogens is 392 g/mol. The standard InChI is InChI=1S/C25H25ClN4/c1-18-5-4-6-19(15-18)17-29-11-13-30(14-12-29)25-21-7-2-3-8-22(21)27-23-10-9-20(26)16-24(23)28-25/h2-10,15-16,27H,11-14,17H2,1H3. The lowest BCUT2D eigenvalue weighted by molar-refractivity contribution is 0.176. The van der Waals surface area contributed by atoms with Crippen LogP contribution in [0.1, 0.15) is 16.7 Å². The Kier molecular flexibility index (Phi) is 5.19. The van der Waals surface area contributed by atoms with E-state index >= 15 is 0 Å². The molecule has 4 nitrogen and oxygen atoms in total. The molecule has 0 spiro atoms. The Balaban J connectivity index is 1.39. The van der Waals surface area contributed by atoms with Gasteiger partial charge < -0.3 is 10.2 Å². The second-order valence-corrected chi connectivity index (χ2v) is 8.46. The molecule has 0 bridgehead atoms. The molecule has 1 N–H and O–H groups in total. The smallest absolute Gasteiger partial charge is 0.138 e. The van der Waals surface area contributed by atoms with Crippen molar-refractivity contribution in [2.75, 3.05) is 31.5 Å². The molecule has 30 heavy (non-hydrogen) atoms. The first kappa shape index (κ1) is 19.2. The molecule has 0 atom stereocenters. The van der Waals surface area contributed by atoms with Crippen LogP contribution in [0, 0.1) is 6.92 Å². The third kappa shape index (κ3) is 3.93. The second kappa shape index (κ2) is 8.13. The summed E-state index contributed by atoms with van der Waals surface area (Å²) in [6.07, 6.45) is 0. The minimum absolute atomic E-state index is 0.701. The largest absolute Gasteiger partial charge is 0.353 e. The van der Waals surface area contributed by atoms with Crippen LogP contribution in [-0.4, -0.2) is 41.8 Å². The van der Waals surface area contributed by atoms with Crippen LogP contribution in [0.5, 0.6) is 0 Å². The summed E-state index contributed by atoms with van der Waals surface area (Å²) >= 11 is 6.26. The van der Waals surface area contributed by atoms with Gasteiger partial charge in [-0.3, -0.25) is 4.90 Å². The predicted octanol–water partition coefficient (Wildman–Crippen LogP) is 5.60. The molecule has 0 saturated carbocycles. The van der Waals surface area contributed by atoms with Gasteiger partial charge in [0.25, 0.3) is 0 Å². The van der Waals surface area contributed by atoms with Gasteiger partial charge in [0.2, 0.25) is 0 Å². The van der Waals surface area contributed by atoms with Gasteiger partial charge >= 0.3 is 0 Å². The van der Waals surface area contributed by atoms with Crippen LogP contribution < -0.4 is 5.32 Å². The Morgan fingerprint density at radius 3 is 2.57 bits per heavy atom. The van der Waals surface area contributed by atoms with Crippen molar-refractivity contribution in [2.24, 2.45) is 4.99 Å². The molecule has 0 aromatic heterocycles. The van der Waals surface area contributed by atoms with E-state index in [2.05, 4.69) is 70.6 Å². The third-order valence-electron chi connectivity index (χ3n) is 5.78. The first-order chi connectivity index (χ1) is 14.7. The number of amidine groups is 1. The summed E-state index contributed by atoms with van der Waals surface area (Å²) in [5.74, 6) is 1.02. The number of benzene rings is 3. The zero-order valence-electron chi connectivity index (χ0n) is 17.1. The highest BCUT2D eigenvalue weighted by Gasteiger charge is 2.25. The van der Waals surface area contributed by atoms with Crippen molar-refractivity contribution in [1.82, 2.24) is 9.80 Å². The van der Waals surface area contributed by atoms with E-state index in [0.717, 1.165) is 61.2 Å². The lowest BCUT2D eigenvalue weighted by atomic mass is 10.1. The number of fused-ring (bicyclic) bond motifs is 2. The van der Waals surface area contributed by atoms with Gasteiger partial charge in [-0.2, -0.15) is 0 Å². The lowest BCUT2D eigenvalue weighted by Crippen LogP contribution is -2.48. The summed E-state index contributed by atoms with van der Waals surface area (Å²) in [4.78, 5) is 9.99. The van der Waals surface area contributed by atoms with Crippen LogP contribution in [0.2, 0.25) is 5.02 Å². The molecule has 3 aromatic carbocycles. The molecule has 0 aliphatic carbocycles. The molecule has 1 fully saturated rings. The van der Waals surface area contributed by atoms with Gasteiger partial charge in [-0.1, -0.05) is 53.6 Å². The SMILES string of the molecule is Cc1cccc(CN2CCN(C3=Nc4cc(Cl)ccc4Nc4ccccc43)CC2)c1. The summed E-state index contributed by atoms with van der Waals surface area (Å²) in [5, 5.41) is 4.24. The Morgan fingerprint density at radius 2 is 1.73 bits per heavy atom. The number of hydrogen-bond donors (Lipinski definition) is 1. The number of anilines is 2. The molecule has 5 heteroatoms. The number of aliphatic imine (C=N–C) groups is 1. The quantitative estimate of drug-likeness (QED) is 0.589. The van der Waals surface area contributed by atoms with Gasteiger partial charge in [0.1, 0.15) is 5.84 Å². The highest BCUT2D eigenvalue weighted by Crippen LogP contribution is 2.36. The first-order valence-electron chi connectivity index (χ1n) is 10.4. The van der Waals surface area contributed by atoms with E-state index in [-0.39, 0.29) is 0 Å². The van der Waals surface area contributed by atoms with E-state index < -0.39 is 0 Å². The van der Waals surface area contributed by atoms with Crippen LogP contribution in [0.4, 0.5) is 17.1 Å². The number of hydrogen-bond acceptors (Lipinski definition) is 4. The third-order valence-corrected chi connectivity index (χ3v) is 6.02. The molecule has 0 radical (unpaired) electrons. The Bertz CT molecular complexity index is 1100. The van der Waals surface area contributed by atoms with E-state index in [1.807, 2.05) is 18.2 Å². The first-order valence-corrected chi connectivity index (χ1v) is 10.8. The van der Waals surface area contributed by atoms with Crippen molar-refractivity contribution in [2.45, 2.75) is 13.5 Å². The fourth-order valence-corrected chi connectivity index (χ4v) is 4.40. The maximum atomic E-state index is 6.26. The van der Waals surface area contributed by atoms with Crippen molar-refractivity contribution in [1.29, 1.82) is 0 Å². The summed E-state index contributed by atoms with van der Waals surface area (Å²) in [7, 11) is 0. The zero-order valence-corrected chi connectivity index (χ0v) is 17.9.